The maximum absolute atomic E-state index is 12.2. The van der Waals surface area contributed by atoms with Gasteiger partial charge in [-0.25, -0.2) is 4.79 Å². The highest BCUT2D eigenvalue weighted by Gasteiger charge is 2.32. The Morgan fingerprint density at radius 3 is 2.68 bits per heavy atom. The molecule has 146 valence electrons. The van der Waals surface area contributed by atoms with Gasteiger partial charge in [0.1, 0.15) is 11.9 Å². The maximum Gasteiger partial charge on any atom is 0.414 e. The quantitative estimate of drug-likeness (QED) is 0.710. The van der Waals surface area contributed by atoms with Gasteiger partial charge in [0.05, 0.1) is 20.2 Å². The maximum atomic E-state index is 12.2. The molecule has 7 heteroatoms. The minimum absolute atomic E-state index is 0.0686. The number of Topliss-reactive ketones (excluding diaryl/α,β-unsaturated/α-hetero) is 1. The molecule has 0 spiro atoms. The number of hydrogen-bond donors (Lipinski definition) is 1. The van der Waals surface area contributed by atoms with Gasteiger partial charge in [-0.05, 0) is 24.3 Å². The van der Waals surface area contributed by atoms with E-state index < -0.39 is 12.2 Å². The number of rotatable bonds is 8. The molecule has 7 nitrogen and oxygen atoms in total. The first-order valence-electron chi connectivity index (χ1n) is 9.04. The lowest BCUT2D eigenvalue weighted by Crippen LogP contribution is -2.34. The van der Waals surface area contributed by atoms with E-state index in [-0.39, 0.29) is 31.1 Å². The van der Waals surface area contributed by atoms with Gasteiger partial charge in [0, 0.05) is 24.1 Å². The van der Waals surface area contributed by atoms with Gasteiger partial charge in [0.25, 0.3) is 0 Å². The van der Waals surface area contributed by atoms with E-state index >= 15 is 0 Å². The second kappa shape index (κ2) is 9.03. The lowest BCUT2D eigenvalue weighted by atomic mass is 10.1. The van der Waals surface area contributed by atoms with Gasteiger partial charge in [-0.2, -0.15) is 0 Å². The topological polar surface area (TPSA) is 84.9 Å². The molecule has 0 bridgehead atoms. The van der Waals surface area contributed by atoms with E-state index in [1.165, 1.54) is 12.0 Å². The number of para-hydroxylation sites is 1. The highest BCUT2D eigenvalue weighted by Crippen LogP contribution is 2.20. The van der Waals surface area contributed by atoms with Crippen molar-refractivity contribution in [1.29, 1.82) is 0 Å². The second-order valence-corrected chi connectivity index (χ2v) is 6.41. The second-order valence-electron chi connectivity index (χ2n) is 6.41. The Balaban J connectivity index is 1.43. The van der Waals surface area contributed by atoms with Gasteiger partial charge in [0.2, 0.25) is 5.91 Å². The van der Waals surface area contributed by atoms with Gasteiger partial charge in [-0.3, -0.25) is 14.5 Å². The zero-order valence-electron chi connectivity index (χ0n) is 15.6. The van der Waals surface area contributed by atoms with Gasteiger partial charge in [-0.15, -0.1) is 0 Å². The first kappa shape index (κ1) is 19.4. The molecule has 1 aliphatic rings. The standard InChI is InChI=1S/C21H22N2O5/c1-27-17-9-5-6-15(12-17)19(24)10-11-20(25)22-13-18-14-23(21(26)28-18)16-7-3-2-4-8-16/h2-9,12,18H,10-11,13-14H2,1H3,(H,22,25). The number of ketones is 1. The van der Waals surface area contributed by atoms with E-state index in [1.54, 1.807) is 24.3 Å². The number of carbonyl (C=O) groups is 3. The van der Waals surface area contributed by atoms with Crippen LogP contribution in [0.4, 0.5) is 10.5 Å². The summed E-state index contributed by atoms with van der Waals surface area (Å²) in [6.07, 6.45) is -0.692. The summed E-state index contributed by atoms with van der Waals surface area (Å²) in [4.78, 5) is 37.8. The van der Waals surface area contributed by atoms with Crippen molar-refractivity contribution in [2.45, 2.75) is 18.9 Å². The fraction of sp³-hybridized carbons (Fsp3) is 0.286. The average molecular weight is 382 g/mol. The van der Waals surface area contributed by atoms with Crippen LogP contribution in [0.1, 0.15) is 23.2 Å². The Morgan fingerprint density at radius 2 is 1.93 bits per heavy atom. The molecule has 1 atom stereocenters. The predicted molar refractivity (Wildman–Crippen MR) is 104 cm³/mol. The summed E-state index contributed by atoms with van der Waals surface area (Å²) < 4.78 is 10.4. The van der Waals surface area contributed by atoms with Crippen LogP contribution in [0.2, 0.25) is 0 Å². The first-order chi connectivity index (χ1) is 13.6. The van der Waals surface area contributed by atoms with E-state index in [2.05, 4.69) is 5.32 Å². The molecule has 1 fully saturated rings. The average Bonchev–Trinajstić information content (AvgIpc) is 3.11. The molecule has 0 aromatic heterocycles. The van der Waals surface area contributed by atoms with E-state index in [0.717, 1.165) is 5.69 Å². The number of nitrogens with zero attached hydrogens (tertiary/aromatic N) is 1. The molecule has 1 N–H and O–H groups in total. The van der Waals surface area contributed by atoms with Crippen molar-refractivity contribution in [3.05, 3.63) is 60.2 Å². The zero-order valence-corrected chi connectivity index (χ0v) is 15.6. The van der Waals surface area contributed by atoms with Crippen molar-refractivity contribution in [2.75, 3.05) is 25.1 Å². The molecule has 0 radical (unpaired) electrons. The molecule has 28 heavy (non-hydrogen) atoms. The molecule has 2 aromatic rings. The van der Waals surface area contributed by atoms with Crippen molar-refractivity contribution in [3.8, 4) is 5.75 Å². The van der Waals surface area contributed by atoms with Gasteiger partial charge in [0.15, 0.2) is 5.78 Å². The molecule has 0 saturated carbocycles. The van der Waals surface area contributed by atoms with Crippen LogP contribution in [0.3, 0.4) is 0 Å². The van der Waals surface area contributed by atoms with Crippen LogP contribution in [-0.2, 0) is 9.53 Å². The predicted octanol–water partition coefficient (Wildman–Crippen LogP) is 2.80. The number of amides is 2. The van der Waals surface area contributed by atoms with E-state index in [0.29, 0.717) is 17.9 Å². The number of carbonyl (C=O) groups excluding carboxylic acids is 3. The van der Waals surface area contributed by atoms with E-state index in [1.807, 2.05) is 30.3 Å². The number of nitrogens with one attached hydrogen (secondary N) is 1. The van der Waals surface area contributed by atoms with Crippen LogP contribution in [0.15, 0.2) is 54.6 Å². The van der Waals surface area contributed by atoms with Gasteiger partial charge >= 0.3 is 6.09 Å². The third kappa shape index (κ3) is 4.88. The summed E-state index contributed by atoms with van der Waals surface area (Å²) in [6, 6.07) is 16.0. The van der Waals surface area contributed by atoms with Crippen LogP contribution in [0, 0.1) is 0 Å². The molecule has 2 amide bonds. The van der Waals surface area contributed by atoms with Crippen molar-refractivity contribution in [2.24, 2.45) is 0 Å². The Bertz CT molecular complexity index is 853. The summed E-state index contributed by atoms with van der Waals surface area (Å²) in [7, 11) is 1.53. The molecular weight excluding hydrogens is 360 g/mol. The number of hydrogen-bond acceptors (Lipinski definition) is 5. The number of benzene rings is 2. The highest BCUT2D eigenvalue weighted by atomic mass is 16.6. The van der Waals surface area contributed by atoms with Crippen molar-refractivity contribution >= 4 is 23.5 Å². The zero-order chi connectivity index (χ0) is 19.9. The minimum atomic E-state index is -0.432. The lowest BCUT2D eigenvalue weighted by molar-refractivity contribution is -0.121. The fourth-order valence-corrected chi connectivity index (χ4v) is 2.93. The Labute approximate surface area is 163 Å². The van der Waals surface area contributed by atoms with Crippen LogP contribution in [0.25, 0.3) is 0 Å². The van der Waals surface area contributed by atoms with Crippen molar-refractivity contribution in [3.63, 3.8) is 0 Å². The summed E-state index contributed by atoms with van der Waals surface area (Å²) >= 11 is 0. The molecule has 0 aliphatic carbocycles. The molecule has 1 saturated heterocycles. The SMILES string of the molecule is COc1cccc(C(=O)CCC(=O)NCC2CN(c3ccccc3)C(=O)O2)c1. The molecule has 2 aromatic carbocycles. The van der Waals surface area contributed by atoms with Gasteiger partial charge in [-0.1, -0.05) is 30.3 Å². The largest absolute Gasteiger partial charge is 0.497 e. The molecule has 3 rings (SSSR count). The third-order valence-electron chi connectivity index (χ3n) is 4.44. The number of anilines is 1. The summed E-state index contributed by atoms with van der Waals surface area (Å²) in [6.45, 7) is 0.577. The lowest BCUT2D eigenvalue weighted by Gasteiger charge is -2.12. The summed E-state index contributed by atoms with van der Waals surface area (Å²) in [5, 5.41) is 2.73. The number of cyclic esters (lactones) is 1. The highest BCUT2D eigenvalue weighted by molar-refractivity contribution is 5.98. The molecule has 1 aliphatic heterocycles. The Kier molecular flexibility index (Phi) is 6.26. The first-order valence-corrected chi connectivity index (χ1v) is 9.04. The molecule has 1 unspecified atom stereocenters. The molecule has 1 heterocycles. The number of methoxy groups -OCH3 is 1. The van der Waals surface area contributed by atoms with E-state index in [9.17, 15) is 14.4 Å². The minimum Gasteiger partial charge on any atom is -0.497 e. The van der Waals surface area contributed by atoms with Crippen LogP contribution >= 0.6 is 0 Å². The summed E-state index contributed by atoms with van der Waals surface area (Å²) in [5.41, 5.74) is 1.26. The summed E-state index contributed by atoms with van der Waals surface area (Å²) in [5.74, 6) is 0.211. The van der Waals surface area contributed by atoms with Gasteiger partial charge < -0.3 is 14.8 Å². The molecular formula is C21H22N2O5. The Hall–Kier alpha value is -3.35. The third-order valence-corrected chi connectivity index (χ3v) is 4.44. The Morgan fingerprint density at radius 1 is 1.14 bits per heavy atom. The van der Waals surface area contributed by atoms with Crippen LogP contribution < -0.4 is 15.0 Å². The monoisotopic (exact) mass is 382 g/mol. The fourth-order valence-electron chi connectivity index (χ4n) is 2.93. The van der Waals surface area contributed by atoms with Crippen molar-refractivity contribution in [1.82, 2.24) is 5.32 Å². The van der Waals surface area contributed by atoms with Crippen molar-refractivity contribution < 1.29 is 23.9 Å². The smallest absolute Gasteiger partial charge is 0.414 e. The normalized spacial score (nSPS) is 15.8. The number of ether oxygens (including phenoxy) is 2. The van der Waals surface area contributed by atoms with E-state index in [4.69, 9.17) is 9.47 Å². The van der Waals surface area contributed by atoms with Crippen LogP contribution in [-0.4, -0.2) is 44.1 Å². The van der Waals surface area contributed by atoms with Crippen LogP contribution in [0.5, 0.6) is 5.75 Å².